The minimum Gasteiger partial charge on any atom is -0.506 e. The quantitative estimate of drug-likeness (QED) is 0.523. The minimum atomic E-state index is -3.95. The van der Waals surface area contributed by atoms with Gasteiger partial charge in [-0.15, -0.1) is 0 Å². The van der Waals surface area contributed by atoms with Crippen molar-refractivity contribution < 1.29 is 13.5 Å². The van der Waals surface area contributed by atoms with Crippen molar-refractivity contribution in [1.82, 2.24) is 0 Å². The highest BCUT2D eigenvalue weighted by Crippen LogP contribution is 2.30. The monoisotopic (exact) mass is 273 g/mol. The zero-order valence-electron chi connectivity index (χ0n) is 9.44. The maximum Gasteiger partial charge on any atom is 0.260 e. The maximum atomic E-state index is 11.1. The van der Waals surface area contributed by atoms with Crippen LogP contribution in [0, 0.1) is 6.92 Å². The normalized spacial score (nSPS) is 13.1. The summed E-state index contributed by atoms with van der Waals surface area (Å²) >= 11 is 0. The first-order valence-corrected chi connectivity index (χ1v) is 7.00. The van der Waals surface area contributed by atoms with E-state index in [0.717, 1.165) is 5.56 Å². The van der Waals surface area contributed by atoms with E-state index in [4.69, 9.17) is 10.7 Å². The van der Waals surface area contributed by atoms with E-state index >= 15 is 0 Å². The Bertz CT molecular complexity index is 591. The largest absolute Gasteiger partial charge is 0.506 e. The average molecular weight is 274 g/mol. The molecule has 0 bridgehead atoms. The molecule has 0 atom stereocenters. The van der Waals surface area contributed by atoms with Crippen LogP contribution < -0.4 is 0 Å². The fraction of sp³-hybridized carbons (Fsp3) is 0.182. The lowest BCUT2D eigenvalue weighted by Crippen LogP contribution is -1.97. The second kappa shape index (κ2) is 4.89. The van der Waals surface area contributed by atoms with Crippen LogP contribution in [-0.2, 0) is 9.05 Å². The minimum absolute atomic E-state index is 0.293. The Labute approximate surface area is 105 Å². The van der Waals surface area contributed by atoms with Crippen LogP contribution in [0.2, 0.25) is 0 Å². The molecule has 0 saturated carbocycles. The summed E-state index contributed by atoms with van der Waals surface area (Å²) in [6, 6.07) is 5.04. The molecule has 0 unspecified atom stereocenters. The number of aliphatic hydroxyl groups excluding tert-OH is 1. The lowest BCUT2D eigenvalue weighted by atomic mass is 10.1. The molecule has 0 spiro atoms. The molecule has 0 aliphatic rings. The van der Waals surface area contributed by atoms with Gasteiger partial charge in [0.25, 0.3) is 9.05 Å². The third-order valence-electron chi connectivity index (χ3n) is 2.28. The number of rotatable bonds is 3. The average Bonchev–Trinajstić information content (AvgIpc) is 2.25. The van der Waals surface area contributed by atoms with Crippen LogP contribution in [0.1, 0.15) is 18.1 Å². The molecule has 1 aromatic carbocycles. The van der Waals surface area contributed by atoms with Gasteiger partial charge in [-0.05, 0) is 32.7 Å². The van der Waals surface area contributed by atoms with Crippen LogP contribution in [0.3, 0.4) is 0 Å². The Balaban J connectivity index is 3.54. The Kier molecular flexibility index (Phi) is 3.95. The second-order valence-corrected chi connectivity index (χ2v) is 6.23. The topological polar surface area (TPSA) is 66.7 Å². The highest BCUT2D eigenvalue weighted by Gasteiger charge is 2.17. The molecule has 0 heterocycles. The van der Waals surface area contributed by atoms with Crippen molar-refractivity contribution in [3.05, 3.63) is 34.2 Å². The summed E-state index contributed by atoms with van der Waals surface area (Å²) in [4.78, 5) is 3.40. The van der Waals surface area contributed by atoms with E-state index < -0.39 is 14.8 Å². The lowest BCUT2D eigenvalue weighted by molar-refractivity contribution is 0.508. The number of hydrogen-bond acceptors (Lipinski definition) is 4. The molecule has 0 saturated heterocycles. The first-order valence-electron chi connectivity index (χ1n) is 4.69. The zero-order valence-corrected chi connectivity index (χ0v) is 11.0. The van der Waals surface area contributed by atoms with E-state index in [1.54, 1.807) is 18.2 Å². The van der Waals surface area contributed by atoms with E-state index in [-0.39, 0.29) is 4.91 Å². The molecule has 0 aliphatic heterocycles. The van der Waals surface area contributed by atoms with Gasteiger partial charge in [0, 0.05) is 16.2 Å². The number of aryl methyl sites for hydroxylation is 1. The molecule has 0 fully saturated rings. The Morgan fingerprint density at radius 2 is 2.06 bits per heavy atom. The van der Waals surface area contributed by atoms with Gasteiger partial charge in [0.2, 0.25) is 0 Å². The third-order valence-corrected chi connectivity index (χ3v) is 3.90. The van der Waals surface area contributed by atoms with Gasteiger partial charge in [0.1, 0.15) is 5.76 Å². The summed E-state index contributed by atoms with van der Waals surface area (Å²) in [6.45, 7) is 6.40. The van der Waals surface area contributed by atoms with Crippen molar-refractivity contribution in [3.8, 4) is 0 Å². The lowest BCUT2D eigenvalue weighted by Gasteiger charge is -2.08. The molecule has 0 aliphatic carbocycles. The van der Waals surface area contributed by atoms with Crippen LogP contribution in [0.15, 0.2) is 28.1 Å². The first-order chi connectivity index (χ1) is 7.77. The molecule has 0 radical (unpaired) electrons. The van der Waals surface area contributed by atoms with Gasteiger partial charge >= 0.3 is 0 Å². The molecular weight excluding hydrogens is 262 g/mol. The fourth-order valence-electron chi connectivity index (χ4n) is 1.28. The van der Waals surface area contributed by atoms with E-state index in [1.165, 1.54) is 6.92 Å². The third kappa shape index (κ3) is 3.08. The predicted octanol–water partition coefficient (Wildman–Crippen LogP) is 3.14. The van der Waals surface area contributed by atoms with Crippen LogP contribution in [0.5, 0.6) is 0 Å². The van der Waals surface area contributed by atoms with Gasteiger partial charge in [-0.3, -0.25) is 4.99 Å². The van der Waals surface area contributed by atoms with Crippen LogP contribution >= 0.6 is 10.7 Å². The Morgan fingerprint density at radius 1 is 1.47 bits per heavy atom. The molecule has 1 rings (SSSR count). The summed E-state index contributed by atoms with van der Waals surface area (Å²) in [5, 5.41) is 9.89. The molecule has 4 nitrogen and oxygen atoms in total. The van der Waals surface area contributed by atoms with Crippen molar-refractivity contribution >= 4 is 37.9 Å². The second-order valence-electron chi connectivity index (χ2n) is 3.52. The first kappa shape index (κ1) is 13.7. The zero-order chi connectivity index (χ0) is 13.2. The van der Waals surface area contributed by atoms with Gasteiger partial charge in [-0.25, -0.2) is 8.42 Å². The van der Waals surface area contributed by atoms with Crippen LogP contribution in [0.25, 0.3) is 5.76 Å². The molecular formula is C11H12ClNO3S. The predicted molar refractivity (Wildman–Crippen MR) is 70.4 cm³/mol. The number of aliphatic imine (C=N–C) groups is 1. The maximum absolute atomic E-state index is 11.1. The summed E-state index contributed by atoms with van der Waals surface area (Å²) in [6.07, 6.45) is 0. The molecule has 6 heteroatoms. The number of aliphatic hydroxyl groups is 1. The molecule has 17 heavy (non-hydrogen) atoms. The van der Waals surface area contributed by atoms with E-state index in [9.17, 15) is 13.5 Å². The summed E-state index contributed by atoms with van der Waals surface area (Å²) in [7, 11) is 1.22. The Morgan fingerprint density at radius 3 is 2.53 bits per heavy atom. The van der Waals surface area contributed by atoms with Crippen molar-refractivity contribution in [3.63, 3.8) is 0 Å². The van der Waals surface area contributed by atoms with Crippen molar-refractivity contribution in [2.75, 3.05) is 0 Å². The smallest absolute Gasteiger partial charge is 0.260 e. The molecule has 1 N–H and O–H groups in total. The number of hydrogen-bond donors (Lipinski definition) is 1. The summed E-state index contributed by atoms with van der Waals surface area (Å²) in [5.74, 6) is -0.411. The fourth-order valence-corrected chi connectivity index (χ4v) is 1.84. The van der Waals surface area contributed by atoms with Crippen LogP contribution in [-0.4, -0.2) is 20.2 Å². The molecule has 1 aromatic rings. The summed E-state index contributed by atoms with van der Waals surface area (Å²) in [5.41, 5.74) is 1.55. The molecule has 0 aromatic heterocycles. The Hall–Kier alpha value is -1.33. The number of allylic oxidation sites excluding steroid dienone is 1. The number of halogens is 1. The van der Waals surface area contributed by atoms with E-state index in [1.807, 2.05) is 6.92 Å². The van der Waals surface area contributed by atoms with Gasteiger partial charge in [0.05, 0.1) is 10.6 Å². The highest BCUT2D eigenvalue weighted by atomic mass is 35.7. The van der Waals surface area contributed by atoms with Gasteiger partial charge in [-0.2, -0.15) is 0 Å². The standard InChI is InChI=1S/C11H12ClNO3S/c1-7-4-5-10(13-3)9(6-7)11(14)8(2)17(12,15)16/h4-6,14H,3H2,1-2H3/b11-8-. The van der Waals surface area contributed by atoms with Crippen LogP contribution in [0.4, 0.5) is 5.69 Å². The van der Waals surface area contributed by atoms with E-state index in [0.29, 0.717) is 11.3 Å². The summed E-state index contributed by atoms with van der Waals surface area (Å²) < 4.78 is 22.3. The molecule has 92 valence electrons. The van der Waals surface area contributed by atoms with Crippen molar-refractivity contribution in [1.29, 1.82) is 0 Å². The van der Waals surface area contributed by atoms with Gasteiger partial charge in [-0.1, -0.05) is 11.6 Å². The van der Waals surface area contributed by atoms with Crippen molar-refractivity contribution in [2.45, 2.75) is 13.8 Å². The van der Waals surface area contributed by atoms with Gasteiger partial charge < -0.3 is 5.11 Å². The van der Waals surface area contributed by atoms with E-state index in [2.05, 4.69) is 11.7 Å². The molecule has 0 amide bonds. The highest BCUT2D eigenvalue weighted by molar-refractivity contribution is 8.16. The number of benzene rings is 1. The SMILES string of the molecule is C=Nc1ccc(C)cc1/C(O)=C(\C)S(=O)(=O)Cl. The van der Waals surface area contributed by atoms with Gasteiger partial charge in [0.15, 0.2) is 0 Å². The number of nitrogens with zero attached hydrogens (tertiary/aromatic N) is 1. The van der Waals surface area contributed by atoms with Crippen molar-refractivity contribution in [2.24, 2.45) is 4.99 Å².